The van der Waals surface area contributed by atoms with Crippen LogP contribution in [0.25, 0.3) is 0 Å². The molecule has 0 aromatic heterocycles. The molecule has 1 rings (SSSR count). The number of aryl methyl sites for hydroxylation is 2. The van der Waals surface area contributed by atoms with E-state index in [0.29, 0.717) is 0 Å². The average molecular weight is 184 g/mol. The molecule has 0 aliphatic carbocycles. The third kappa shape index (κ3) is 1.55. The number of benzene rings is 1. The summed E-state index contributed by atoms with van der Waals surface area (Å²) in [5, 5.41) is 0. The zero-order valence-corrected chi connectivity index (χ0v) is 7.12. The molecule has 0 N–H and O–H groups in total. The lowest BCUT2D eigenvalue weighted by molar-refractivity contribution is 1.33. The number of hydrogen-bond acceptors (Lipinski definition) is 0. The minimum absolute atomic E-state index is 1.03. The molecule has 0 bridgehead atoms. The van der Waals surface area contributed by atoms with Crippen LogP contribution in [-0.2, 0) is 0 Å². The predicted molar refractivity (Wildman–Crippen MR) is 42.5 cm³/mol. The minimum atomic E-state index is 1.03. The summed E-state index contributed by atoms with van der Waals surface area (Å²) in [4.78, 5) is 0. The first-order valence-corrected chi connectivity index (χ1v) is 3.64. The van der Waals surface area contributed by atoms with Crippen LogP contribution in [0.1, 0.15) is 11.1 Å². The Bertz CT molecular complexity index is 216. The predicted octanol–water partition coefficient (Wildman–Crippen LogP) is 2.87. The van der Waals surface area contributed by atoms with Crippen molar-refractivity contribution in [2.45, 2.75) is 13.8 Å². The van der Waals surface area contributed by atoms with Crippen LogP contribution in [0.5, 0.6) is 0 Å². The SMILES string of the molecule is Cc1c[c]c(Br)cc1C. The summed E-state index contributed by atoms with van der Waals surface area (Å²) < 4.78 is 1.03. The lowest BCUT2D eigenvalue weighted by atomic mass is 10.1. The van der Waals surface area contributed by atoms with Gasteiger partial charge in [0.2, 0.25) is 0 Å². The molecule has 0 saturated carbocycles. The zero-order valence-electron chi connectivity index (χ0n) is 5.53. The first-order valence-electron chi connectivity index (χ1n) is 2.84. The van der Waals surface area contributed by atoms with Gasteiger partial charge in [0.25, 0.3) is 0 Å². The molecule has 0 spiro atoms. The van der Waals surface area contributed by atoms with Crippen molar-refractivity contribution < 1.29 is 0 Å². The van der Waals surface area contributed by atoms with Crippen LogP contribution < -0.4 is 0 Å². The second-order valence-electron chi connectivity index (χ2n) is 2.15. The van der Waals surface area contributed by atoms with Crippen molar-refractivity contribution >= 4 is 15.9 Å². The Labute approximate surface area is 64.0 Å². The van der Waals surface area contributed by atoms with Crippen LogP contribution in [0.2, 0.25) is 0 Å². The number of hydrogen-bond donors (Lipinski definition) is 0. The van der Waals surface area contributed by atoms with E-state index in [1.54, 1.807) is 0 Å². The summed E-state index contributed by atoms with van der Waals surface area (Å²) in [6, 6.07) is 7.11. The smallest absolute Gasteiger partial charge is 0.0256 e. The van der Waals surface area contributed by atoms with Crippen LogP contribution in [0.3, 0.4) is 0 Å². The van der Waals surface area contributed by atoms with Crippen molar-refractivity contribution in [1.29, 1.82) is 0 Å². The van der Waals surface area contributed by atoms with E-state index < -0.39 is 0 Å². The van der Waals surface area contributed by atoms with Gasteiger partial charge in [-0.2, -0.15) is 0 Å². The van der Waals surface area contributed by atoms with Gasteiger partial charge in [-0.15, -0.1) is 0 Å². The zero-order chi connectivity index (χ0) is 6.85. The van der Waals surface area contributed by atoms with Crippen molar-refractivity contribution in [2.75, 3.05) is 0 Å². The largest absolute Gasteiger partial charge is 0.0501 e. The second-order valence-corrected chi connectivity index (χ2v) is 3.00. The molecule has 1 aromatic carbocycles. The topological polar surface area (TPSA) is 0 Å². The maximum atomic E-state index is 3.34. The van der Waals surface area contributed by atoms with Gasteiger partial charge in [-0.05, 0) is 37.1 Å². The third-order valence-electron chi connectivity index (χ3n) is 1.39. The molecule has 0 heterocycles. The Hall–Kier alpha value is -0.300. The molecule has 0 unspecified atom stereocenters. The highest BCUT2D eigenvalue weighted by molar-refractivity contribution is 9.10. The normalized spacial score (nSPS) is 9.67. The average Bonchev–Trinajstić information content (AvgIpc) is 1.80. The van der Waals surface area contributed by atoms with Gasteiger partial charge in [0, 0.05) is 4.47 Å². The van der Waals surface area contributed by atoms with Crippen molar-refractivity contribution in [3.8, 4) is 0 Å². The molecule has 47 valence electrons. The van der Waals surface area contributed by atoms with E-state index in [2.05, 4.69) is 41.9 Å². The highest BCUT2D eigenvalue weighted by atomic mass is 79.9. The van der Waals surface area contributed by atoms with Crippen molar-refractivity contribution in [2.24, 2.45) is 0 Å². The van der Waals surface area contributed by atoms with E-state index in [-0.39, 0.29) is 0 Å². The van der Waals surface area contributed by atoms with Crippen molar-refractivity contribution in [3.05, 3.63) is 33.8 Å². The van der Waals surface area contributed by atoms with Crippen molar-refractivity contribution in [1.82, 2.24) is 0 Å². The molecule has 0 amide bonds. The molecular weight excluding hydrogens is 176 g/mol. The molecule has 1 aromatic rings. The first kappa shape index (κ1) is 6.81. The van der Waals surface area contributed by atoms with E-state index >= 15 is 0 Å². The molecule has 1 radical (unpaired) electrons. The maximum Gasteiger partial charge on any atom is 0.0256 e. The molecule has 0 atom stereocenters. The second kappa shape index (κ2) is 2.53. The fourth-order valence-corrected chi connectivity index (χ4v) is 1.09. The fourth-order valence-electron chi connectivity index (χ4n) is 0.637. The summed E-state index contributed by atoms with van der Waals surface area (Å²) in [6.07, 6.45) is 0. The number of halogens is 1. The molecule has 9 heavy (non-hydrogen) atoms. The lowest BCUT2D eigenvalue weighted by Crippen LogP contribution is -1.78. The Kier molecular flexibility index (Phi) is 1.91. The van der Waals surface area contributed by atoms with Gasteiger partial charge in [-0.25, -0.2) is 0 Å². The van der Waals surface area contributed by atoms with Crippen LogP contribution >= 0.6 is 15.9 Å². The van der Waals surface area contributed by atoms with Gasteiger partial charge < -0.3 is 0 Å². The quantitative estimate of drug-likeness (QED) is 0.581. The summed E-state index contributed by atoms with van der Waals surface area (Å²) >= 11 is 3.34. The Morgan fingerprint density at radius 3 is 2.44 bits per heavy atom. The molecule has 0 saturated heterocycles. The fraction of sp³-hybridized carbons (Fsp3) is 0.250. The molecule has 0 nitrogen and oxygen atoms in total. The molecule has 1 heteroatoms. The van der Waals surface area contributed by atoms with E-state index in [4.69, 9.17) is 0 Å². The summed E-state index contributed by atoms with van der Waals surface area (Å²) in [7, 11) is 0. The van der Waals surface area contributed by atoms with Gasteiger partial charge in [0.05, 0.1) is 0 Å². The van der Waals surface area contributed by atoms with E-state index in [1.165, 1.54) is 11.1 Å². The summed E-state index contributed by atoms with van der Waals surface area (Å²) in [6.45, 7) is 4.17. The Morgan fingerprint density at radius 2 is 2.00 bits per heavy atom. The highest BCUT2D eigenvalue weighted by Gasteiger charge is 1.90. The number of rotatable bonds is 0. The Morgan fingerprint density at radius 1 is 1.33 bits per heavy atom. The molecule has 0 aliphatic rings. The van der Waals surface area contributed by atoms with Gasteiger partial charge in [-0.1, -0.05) is 22.0 Å². The Balaban J connectivity index is 3.17. The first-order chi connectivity index (χ1) is 4.20. The summed E-state index contributed by atoms with van der Waals surface area (Å²) in [5.41, 5.74) is 2.60. The van der Waals surface area contributed by atoms with Crippen molar-refractivity contribution in [3.63, 3.8) is 0 Å². The van der Waals surface area contributed by atoms with E-state index in [9.17, 15) is 0 Å². The maximum absolute atomic E-state index is 3.34. The van der Waals surface area contributed by atoms with E-state index in [1.807, 2.05) is 6.07 Å². The van der Waals surface area contributed by atoms with Gasteiger partial charge in [0.15, 0.2) is 0 Å². The molecule has 0 fully saturated rings. The van der Waals surface area contributed by atoms with E-state index in [0.717, 1.165) is 4.47 Å². The minimum Gasteiger partial charge on any atom is -0.0501 e. The standard InChI is InChI=1S/C8H8Br/c1-6-3-4-8(9)5-7(6)2/h3,5H,1-2H3. The summed E-state index contributed by atoms with van der Waals surface area (Å²) in [5.74, 6) is 0. The van der Waals surface area contributed by atoms with Crippen LogP contribution in [0.4, 0.5) is 0 Å². The van der Waals surface area contributed by atoms with Crippen LogP contribution in [0, 0.1) is 19.9 Å². The molecular formula is C8H8Br. The lowest BCUT2D eigenvalue weighted by Gasteiger charge is -1.96. The monoisotopic (exact) mass is 183 g/mol. The van der Waals surface area contributed by atoms with Gasteiger partial charge in [-0.3, -0.25) is 0 Å². The molecule has 0 aliphatic heterocycles. The third-order valence-corrected chi connectivity index (χ3v) is 1.85. The van der Waals surface area contributed by atoms with Crippen LogP contribution in [-0.4, -0.2) is 0 Å². The van der Waals surface area contributed by atoms with Crippen LogP contribution in [0.15, 0.2) is 16.6 Å². The van der Waals surface area contributed by atoms with Gasteiger partial charge in [0.1, 0.15) is 0 Å². The highest BCUT2D eigenvalue weighted by Crippen LogP contribution is 2.13. The van der Waals surface area contributed by atoms with Gasteiger partial charge >= 0.3 is 0 Å².